The molecule has 0 fully saturated rings. The standard InChI is InChI=1S/C14H21N/c1-5-7-15-14(6-2)13-9-11(3)8-12(4)10-13/h6,8-10,14-15H,2,5,7H2,1,3-4H3. The molecule has 15 heavy (non-hydrogen) atoms. The highest BCUT2D eigenvalue weighted by Crippen LogP contribution is 2.17. The van der Waals surface area contributed by atoms with Crippen molar-refractivity contribution < 1.29 is 0 Å². The number of nitrogens with one attached hydrogen (secondary N) is 1. The van der Waals surface area contributed by atoms with Crippen LogP contribution in [0.2, 0.25) is 0 Å². The Hall–Kier alpha value is -1.08. The Morgan fingerprint density at radius 3 is 2.33 bits per heavy atom. The number of aryl methyl sites for hydroxylation is 2. The molecule has 0 spiro atoms. The van der Waals surface area contributed by atoms with Crippen LogP contribution in [0, 0.1) is 13.8 Å². The second kappa shape index (κ2) is 5.72. The maximum Gasteiger partial charge on any atom is 0.0503 e. The van der Waals surface area contributed by atoms with Crippen molar-refractivity contribution in [1.29, 1.82) is 0 Å². The minimum absolute atomic E-state index is 0.281. The van der Waals surface area contributed by atoms with E-state index in [1.54, 1.807) is 0 Å². The summed E-state index contributed by atoms with van der Waals surface area (Å²) in [5.74, 6) is 0. The Morgan fingerprint density at radius 2 is 1.87 bits per heavy atom. The average Bonchev–Trinajstić information content (AvgIpc) is 2.17. The lowest BCUT2D eigenvalue weighted by molar-refractivity contribution is 0.613. The number of benzene rings is 1. The minimum Gasteiger partial charge on any atom is -0.307 e. The van der Waals surface area contributed by atoms with Gasteiger partial charge in [0.1, 0.15) is 0 Å². The molecule has 1 N–H and O–H groups in total. The van der Waals surface area contributed by atoms with Crippen LogP contribution in [-0.4, -0.2) is 6.54 Å². The SMILES string of the molecule is C=CC(NCCC)c1cc(C)cc(C)c1. The first kappa shape index (κ1) is 12.0. The van der Waals surface area contributed by atoms with Gasteiger partial charge in [0.15, 0.2) is 0 Å². The van der Waals surface area contributed by atoms with Crippen molar-refractivity contribution in [3.05, 3.63) is 47.5 Å². The van der Waals surface area contributed by atoms with E-state index in [2.05, 4.69) is 50.9 Å². The Labute approximate surface area is 93.2 Å². The average molecular weight is 203 g/mol. The summed E-state index contributed by atoms with van der Waals surface area (Å²) in [5.41, 5.74) is 3.95. The van der Waals surface area contributed by atoms with Crippen LogP contribution in [0.25, 0.3) is 0 Å². The molecule has 0 amide bonds. The van der Waals surface area contributed by atoms with E-state index in [4.69, 9.17) is 0 Å². The van der Waals surface area contributed by atoms with Crippen molar-refractivity contribution in [3.63, 3.8) is 0 Å². The van der Waals surface area contributed by atoms with Gasteiger partial charge in [-0.1, -0.05) is 42.3 Å². The summed E-state index contributed by atoms with van der Waals surface area (Å²) in [5, 5.41) is 3.47. The van der Waals surface area contributed by atoms with Gasteiger partial charge in [-0.15, -0.1) is 6.58 Å². The molecule has 82 valence electrons. The molecular weight excluding hydrogens is 182 g/mol. The quantitative estimate of drug-likeness (QED) is 0.722. The lowest BCUT2D eigenvalue weighted by Gasteiger charge is -2.16. The van der Waals surface area contributed by atoms with Crippen molar-refractivity contribution in [3.8, 4) is 0 Å². The summed E-state index contributed by atoms with van der Waals surface area (Å²) in [6, 6.07) is 6.93. The zero-order chi connectivity index (χ0) is 11.3. The molecule has 1 aromatic rings. The predicted molar refractivity (Wildman–Crippen MR) is 67.1 cm³/mol. The summed E-state index contributed by atoms with van der Waals surface area (Å²) in [6.45, 7) is 11.4. The van der Waals surface area contributed by atoms with Crippen LogP contribution in [0.4, 0.5) is 0 Å². The number of hydrogen-bond acceptors (Lipinski definition) is 1. The fourth-order valence-corrected chi connectivity index (χ4v) is 1.83. The van der Waals surface area contributed by atoms with E-state index >= 15 is 0 Å². The highest BCUT2D eigenvalue weighted by Gasteiger charge is 2.06. The molecule has 1 aromatic carbocycles. The molecule has 0 heterocycles. The fraction of sp³-hybridized carbons (Fsp3) is 0.429. The zero-order valence-electron chi connectivity index (χ0n) is 10.0. The van der Waals surface area contributed by atoms with E-state index < -0.39 is 0 Å². The summed E-state index contributed by atoms with van der Waals surface area (Å²) < 4.78 is 0. The molecule has 0 saturated heterocycles. The molecule has 1 heteroatoms. The fourth-order valence-electron chi connectivity index (χ4n) is 1.83. The topological polar surface area (TPSA) is 12.0 Å². The van der Waals surface area contributed by atoms with Gasteiger partial charge in [-0.3, -0.25) is 0 Å². The van der Waals surface area contributed by atoms with Crippen LogP contribution in [-0.2, 0) is 0 Å². The lowest BCUT2D eigenvalue weighted by Crippen LogP contribution is -2.20. The molecule has 0 aliphatic rings. The smallest absolute Gasteiger partial charge is 0.0503 e. The van der Waals surface area contributed by atoms with Crippen molar-refractivity contribution >= 4 is 0 Å². The summed E-state index contributed by atoms with van der Waals surface area (Å²) in [7, 11) is 0. The monoisotopic (exact) mass is 203 g/mol. The van der Waals surface area contributed by atoms with Crippen molar-refractivity contribution in [2.75, 3.05) is 6.54 Å². The first-order valence-corrected chi connectivity index (χ1v) is 5.61. The molecule has 0 saturated carbocycles. The van der Waals surface area contributed by atoms with Crippen LogP contribution in [0.1, 0.15) is 36.1 Å². The van der Waals surface area contributed by atoms with Crippen molar-refractivity contribution in [1.82, 2.24) is 5.32 Å². The van der Waals surface area contributed by atoms with Crippen molar-refractivity contribution in [2.45, 2.75) is 33.2 Å². The highest BCUT2D eigenvalue weighted by molar-refractivity contribution is 5.32. The molecule has 1 unspecified atom stereocenters. The first-order valence-electron chi connectivity index (χ1n) is 5.61. The molecule has 0 aromatic heterocycles. The molecule has 0 bridgehead atoms. The normalized spacial score (nSPS) is 12.5. The van der Waals surface area contributed by atoms with E-state index in [-0.39, 0.29) is 6.04 Å². The van der Waals surface area contributed by atoms with Crippen LogP contribution < -0.4 is 5.32 Å². The van der Waals surface area contributed by atoms with Crippen LogP contribution in [0.5, 0.6) is 0 Å². The van der Waals surface area contributed by atoms with E-state index in [1.165, 1.54) is 16.7 Å². The van der Waals surface area contributed by atoms with Gasteiger partial charge in [0, 0.05) is 0 Å². The molecular formula is C14H21N. The maximum atomic E-state index is 3.89. The van der Waals surface area contributed by atoms with E-state index in [1.807, 2.05) is 6.08 Å². The van der Waals surface area contributed by atoms with Crippen LogP contribution in [0.15, 0.2) is 30.9 Å². The van der Waals surface area contributed by atoms with E-state index in [0.29, 0.717) is 0 Å². The lowest BCUT2D eigenvalue weighted by atomic mass is 10.0. The largest absolute Gasteiger partial charge is 0.307 e. The molecule has 1 rings (SSSR count). The molecule has 0 aliphatic carbocycles. The third kappa shape index (κ3) is 3.52. The van der Waals surface area contributed by atoms with Crippen LogP contribution >= 0.6 is 0 Å². The van der Waals surface area contributed by atoms with E-state index in [9.17, 15) is 0 Å². The van der Waals surface area contributed by atoms with Gasteiger partial charge in [-0.2, -0.15) is 0 Å². The molecule has 1 nitrogen and oxygen atoms in total. The third-order valence-corrected chi connectivity index (χ3v) is 2.45. The van der Waals surface area contributed by atoms with Gasteiger partial charge in [0.25, 0.3) is 0 Å². The van der Waals surface area contributed by atoms with Crippen LogP contribution in [0.3, 0.4) is 0 Å². The predicted octanol–water partition coefficient (Wildman–Crippen LogP) is 3.53. The summed E-state index contributed by atoms with van der Waals surface area (Å²) in [4.78, 5) is 0. The zero-order valence-corrected chi connectivity index (χ0v) is 10.0. The van der Waals surface area contributed by atoms with Gasteiger partial charge < -0.3 is 5.32 Å². The third-order valence-electron chi connectivity index (χ3n) is 2.45. The number of rotatable bonds is 5. The molecule has 0 radical (unpaired) electrons. The van der Waals surface area contributed by atoms with Gasteiger partial charge in [0.2, 0.25) is 0 Å². The van der Waals surface area contributed by atoms with Gasteiger partial charge in [0.05, 0.1) is 6.04 Å². The van der Waals surface area contributed by atoms with E-state index in [0.717, 1.165) is 13.0 Å². The first-order chi connectivity index (χ1) is 7.17. The van der Waals surface area contributed by atoms with Gasteiger partial charge >= 0.3 is 0 Å². The highest BCUT2D eigenvalue weighted by atomic mass is 14.9. The maximum absolute atomic E-state index is 3.89. The second-order valence-electron chi connectivity index (χ2n) is 4.09. The molecule has 0 aliphatic heterocycles. The summed E-state index contributed by atoms with van der Waals surface area (Å²) in [6.07, 6.45) is 3.12. The summed E-state index contributed by atoms with van der Waals surface area (Å²) >= 11 is 0. The Bertz CT molecular complexity index is 308. The number of hydrogen-bond donors (Lipinski definition) is 1. The second-order valence-corrected chi connectivity index (χ2v) is 4.09. The van der Waals surface area contributed by atoms with Gasteiger partial charge in [-0.05, 0) is 32.4 Å². The Balaban J connectivity index is 2.86. The molecule has 1 atom stereocenters. The van der Waals surface area contributed by atoms with Gasteiger partial charge in [-0.25, -0.2) is 0 Å². The Morgan fingerprint density at radius 1 is 1.27 bits per heavy atom. The van der Waals surface area contributed by atoms with Crippen molar-refractivity contribution in [2.24, 2.45) is 0 Å². The Kier molecular flexibility index (Phi) is 4.57. The minimum atomic E-state index is 0.281.